The van der Waals surface area contributed by atoms with Gasteiger partial charge in [-0.1, -0.05) is 13.0 Å². The first-order valence-corrected chi connectivity index (χ1v) is 6.81. The third-order valence-electron chi connectivity index (χ3n) is 3.70. The van der Waals surface area contributed by atoms with E-state index in [1.54, 1.807) is 0 Å². The minimum atomic E-state index is 0.828. The third kappa shape index (κ3) is 4.26. The van der Waals surface area contributed by atoms with Crippen molar-refractivity contribution in [2.24, 2.45) is 5.92 Å². The van der Waals surface area contributed by atoms with Crippen LogP contribution in [0.4, 0.5) is 0 Å². The molecule has 1 aliphatic rings. The van der Waals surface area contributed by atoms with Crippen molar-refractivity contribution in [1.82, 2.24) is 10.2 Å². The van der Waals surface area contributed by atoms with Crippen LogP contribution in [-0.4, -0.2) is 37.6 Å². The molecule has 2 nitrogen and oxygen atoms in total. The van der Waals surface area contributed by atoms with Crippen molar-refractivity contribution >= 4 is 0 Å². The second-order valence-corrected chi connectivity index (χ2v) is 5.02. The van der Waals surface area contributed by atoms with Crippen LogP contribution in [0, 0.1) is 5.92 Å². The van der Waals surface area contributed by atoms with Gasteiger partial charge in [-0.05, 0) is 64.7 Å². The molecule has 0 amide bonds. The molecule has 1 rings (SSSR count). The first-order valence-electron chi connectivity index (χ1n) is 6.81. The van der Waals surface area contributed by atoms with E-state index in [2.05, 4.69) is 30.8 Å². The number of rotatable bonds is 9. The lowest BCUT2D eigenvalue weighted by atomic mass is 9.78. The van der Waals surface area contributed by atoms with Gasteiger partial charge >= 0.3 is 0 Å². The van der Waals surface area contributed by atoms with Crippen molar-refractivity contribution < 1.29 is 0 Å². The average Bonchev–Trinajstić information content (AvgIpc) is 2.23. The molecule has 0 bridgehead atoms. The van der Waals surface area contributed by atoms with Crippen LogP contribution in [0.5, 0.6) is 0 Å². The Morgan fingerprint density at radius 2 is 2.25 bits per heavy atom. The van der Waals surface area contributed by atoms with Gasteiger partial charge in [0.15, 0.2) is 0 Å². The fourth-order valence-corrected chi connectivity index (χ4v) is 2.48. The summed E-state index contributed by atoms with van der Waals surface area (Å²) in [6.07, 6.45) is 8.47. The first kappa shape index (κ1) is 13.7. The SMILES string of the molecule is C=CCCCN(C)C1CCC1CNCCC. The molecule has 0 heterocycles. The molecule has 1 saturated carbocycles. The Labute approximate surface area is 101 Å². The molecule has 0 aromatic rings. The Morgan fingerprint density at radius 1 is 1.44 bits per heavy atom. The van der Waals surface area contributed by atoms with Gasteiger partial charge in [0.1, 0.15) is 0 Å². The van der Waals surface area contributed by atoms with Gasteiger partial charge in [-0.25, -0.2) is 0 Å². The Morgan fingerprint density at radius 3 is 2.81 bits per heavy atom. The second-order valence-electron chi connectivity index (χ2n) is 5.02. The molecule has 0 radical (unpaired) electrons. The zero-order valence-electron chi connectivity index (χ0n) is 11.0. The van der Waals surface area contributed by atoms with Crippen LogP contribution in [0.15, 0.2) is 12.7 Å². The predicted octanol–water partition coefficient (Wildman–Crippen LogP) is 2.66. The van der Waals surface area contributed by atoms with E-state index in [4.69, 9.17) is 0 Å². The molecule has 16 heavy (non-hydrogen) atoms. The van der Waals surface area contributed by atoms with Crippen LogP contribution in [0.3, 0.4) is 0 Å². The molecule has 1 aliphatic carbocycles. The van der Waals surface area contributed by atoms with E-state index < -0.39 is 0 Å². The smallest absolute Gasteiger partial charge is 0.0133 e. The highest BCUT2D eigenvalue weighted by Crippen LogP contribution is 2.30. The van der Waals surface area contributed by atoms with Crippen molar-refractivity contribution in [2.45, 2.75) is 45.1 Å². The minimum Gasteiger partial charge on any atom is -0.316 e. The van der Waals surface area contributed by atoms with Gasteiger partial charge < -0.3 is 10.2 Å². The minimum absolute atomic E-state index is 0.828. The maximum atomic E-state index is 3.77. The summed E-state index contributed by atoms with van der Waals surface area (Å²) in [5.41, 5.74) is 0. The molecule has 2 atom stereocenters. The third-order valence-corrected chi connectivity index (χ3v) is 3.70. The Kier molecular flexibility index (Phi) is 6.74. The molecule has 0 aliphatic heterocycles. The largest absolute Gasteiger partial charge is 0.316 e. The molecule has 1 N–H and O–H groups in total. The lowest BCUT2D eigenvalue weighted by Crippen LogP contribution is -2.49. The topological polar surface area (TPSA) is 15.3 Å². The van der Waals surface area contributed by atoms with Crippen LogP contribution in [-0.2, 0) is 0 Å². The van der Waals surface area contributed by atoms with Crippen LogP contribution in [0.2, 0.25) is 0 Å². The first-order chi connectivity index (χ1) is 7.79. The number of allylic oxidation sites excluding steroid dienone is 1. The fourth-order valence-electron chi connectivity index (χ4n) is 2.48. The van der Waals surface area contributed by atoms with Crippen LogP contribution < -0.4 is 5.32 Å². The zero-order chi connectivity index (χ0) is 11.8. The summed E-state index contributed by atoms with van der Waals surface area (Å²) in [6.45, 7) is 9.61. The molecule has 0 aromatic carbocycles. The van der Waals surface area contributed by atoms with E-state index in [0.29, 0.717) is 0 Å². The summed E-state index contributed by atoms with van der Waals surface area (Å²) in [7, 11) is 2.28. The summed E-state index contributed by atoms with van der Waals surface area (Å²) < 4.78 is 0. The van der Waals surface area contributed by atoms with Crippen molar-refractivity contribution in [3.8, 4) is 0 Å². The molecule has 0 saturated heterocycles. The van der Waals surface area contributed by atoms with E-state index in [1.165, 1.54) is 45.3 Å². The summed E-state index contributed by atoms with van der Waals surface area (Å²) in [4.78, 5) is 2.55. The molecule has 0 aromatic heterocycles. The van der Waals surface area contributed by atoms with E-state index in [0.717, 1.165) is 18.4 Å². The number of hydrogen-bond donors (Lipinski definition) is 1. The number of nitrogens with one attached hydrogen (secondary N) is 1. The Bertz CT molecular complexity index is 191. The standard InChI is InChI=1S/C14H28N2/c1-4-6-7-11-16(3)14-9-8-13(14)12-15-10-5-2/h4,13-15H,1,5-12H2,2-3H3. The monoisotopic (exact) mass is 224 g/mol. The van der Waals surface area contributed by atoms with Crippen molar-refractivity contribution in [2.75, 3.05) is 26.7 Å². The second kappa shape index (κ2) is 7.86. The molecular formula is C14H28N2. The van der Waals surface area contributed by atoms with Crippen LogP contribution in [0.25, 0.3) is 0 Å². The van der Waals surface area contributed by atoms with E-state index in [-0.39, 0.29) is 0 Å². The van der Waals surface area contributed by atoms with Gasteiger partial charge in [0.05, 0.1) is 0 Å². The van der Waals surface area contributed by atoms with Gasteiger partial charge in [0, 0.05) is 6.04 Å². The Hall–Kier alpha value is -0.340. The average molecular weight is 224 g/mol. The Balaban J connectivity index is 2.12. The zero-order valence-corrected chi connectivity index (χ0v) is 11.0. The molecule has 1 fully saturated rings. The molecule has 94 valence electrons. The molecular weight excluding hydrogens is 196 g/mol. The van der Waals surface area contributed by atoms with Gasteiger partial charge in [-0.2, -0.15) is 0 Å². The van der Waals surface area contributed by atoms with Crippen molar-refractivity contribution in [3.05, 3.63) is 12.7 Å². The highest BCUT2D eigenvalue weighted by atomic mass is 15.1. The highest BCUT2D eigenvalue weighted by Gasteiger charge is 2.32. The molecule has 2 heteroatoms. The number of nitrogens with zero attached hydrogens (tertiary/aromatic N) is 1. The quantitative estimate of drug-likeness (QED) is 0.478. The van der Waals surface area contributed by atoms with Crippen LogP contribution >= 0.6 is 0 Å². The predicted molar refractivity (Wildman–Crippen MR) is 71.7 cm³/mol. The number of unbranched alkanes of at least 4 members (excludes halogenated alkanes) is 1. The summed E-state index contributed by atoms with van der Waals surface area (Å²) >= 11 is 0. The lowest BCUT2D eigenvalue weighted by Gasteiger charge is -2.43. The van der Waals surface area contributed by atoms with Gasteiger partial charge in [-0.15, -0.1) is 6.58 Å². The summed E-state index contributed by atoms with van der Waals surface area (Å²) in [6, 6.07) is 0.828. The number of hydrogen-bond acceptors (Lipinski definition) is 2. The van der Waals surface area contributed by atoms with E-state index >= 15 is 0 Å². The van der Waals surface area contributed by atoms with E-state index in [1.807, 2.05) is 6.08 Å². The summed E-state index contributed by atoms with van der Waals surface area (Å²) in [5, 5.41) is 3.55. The van der Waals surface area contributed by atoms with Crippen molar-refractivity contribution in [1.29, 1.82) is 0 Å². The van der Waals surface area contributed by atoms with E-state index in [9.17, 15) is 0 Å². The van der Waals surface area contributed by atoms with Gasteiger partial charge in [0.2, 0.25) is 0 Å². The highest BCUT2D eigenvalue weighted by molar-refractivity contribution is 4.89. The van der Waals surface area contributed by atoms with Gasteiger partial charge in [-0.3, -0.25) is 0 Å². The van der Waals surface area contributed by atoms with Crippen LogP contribution in [0.1, 0.15) is 39.0 Å². The maximum absolute atomic E-state index is 3.77. The summed E-state index contributed by atoms with van der Waals surface area (Å²) in [5.74, 6) is 0.889. The normalized spacial score (nSPS) is 24.4. The lowest BCUT2D eigenvalue weighted by molar-refractivity contribution is 0.0832. The molecule has 0 spiro atoms. The molecule has 2 unspecified atom stereocenters. The van der Waals surface area contributed by atoms with Crippen molar-refractivity contribution in [3.63, 3.8) is 0 Å². The van der Waals surface area contributed by atoms with Gasteiger partial charge in [0.25, 0.3) is 0 Å². The fraction of sp³-hybridized carbons (Fsp3) is 0.857. The maximum Gasteiger partial charge on any atom is 0.0133 e.